The summed E-state index contributed by atoms with van der Waals surface area (Å²) in [4.78, 5) is 28.5. The molecular weight excluding hydrogens is 551 g/mol. The van der Waals surface area contributed by atoms with Crippen LogP contribution in [0.4, 0.5) is 0 Å². The first kappa shape index (κ1) is 28.2. The second-order valence-corrected chi connectivity index (χ2v) is 11.1. The van der Waals surface area contributed by atoms with E-state index in [-0.39, 0.29) is 36.5 Å². The molecule has 10 heteroatoms. The molecule has 0 radical (unpaired) electrons. The van der Waals surface area contributed by atoms with Crippen LogP contribution in [0.3, 0.4) is 0 Å². The highest BCUT2D eigenvalue weighted by Gasteiger charge is 2.54. The van der Waals surface area contributed by atoms with E-state index in [0.717, 1.165) is 11.1 Å². The number of amides is 2. The standard InChI is InChI=1S/C30H32Cl2N4O4/c1-18(2)40-25-16-23(39-3)12-13-24(25)30(29(38)36-15-14-33-26(37)17-36)34-27(19-4-8-21(31)9-5-19)28(35-30)20-6-10-22(32)11-7-20/h4-13,16,18,27-28,34-35H,14-15,17H2,1-3H3,(H,33,37). The van der Waals surface area contributed by atoms with E-state index in [9.17, 15) is 9.59 Å². The fourth-order valence-electron chi connectivity index (χ4n) is 5.30. The summed E-state index contributed by atoms with van der Waals surface area (Å²) in [5.74, 6) is 0.609. The molecule has 2 fully saturated rings. The van der Waals surface area contributed by atoms with E-state index in [0.29, 0.717) is 40.2 Å². The number of rotatable bonds is 7. The topological polar surface area (TPSA) is 91.9 Å². The number of methoxy groups -OCH3 is 1. The molecule has 2 aliphatic heterocycles. The average molecular weight is 584 g/mol. The maximum Gasteiger partial charge on any atom is 0.263 e. The quantitative estimate of drug-likeness (QED) is 0.378. The van der Waals surface area contributed by atoms with Crippen molar-refractivity contribution >= 4 is 35.0 Å². The molecule has 2 unspecified atom stereocenters. The smallest absolute Gasteiger partial charge is 0.263 e. The summed E-state index contributed by atoms with van der Waals surface area (Å²) < 4.78 is 11.7. The third kappa shape index (κ3) is 5.63. The number of nitrogens with zero attached hydrogens (tertiary/aromatic N) is 1. The molecule has 2 aliphatic rings. The highest BCUT2D eigenvalue weighted by Crippen LogP contribution is 2.45. The Balaban J connectivity index is 1.70. The van der Waals surface area contributed by atoms with E-state index >= 15 is 0 Å². The van der Waals surface area contributed by atoms with Crippen LogP contribution in [-0.2, 0) is 15.3 Å². The van der Waals surface area contributed by atoms with Gasteiger partial charge in [-0.05, 0) is 61.4 Å². The molecule has 3 aromatic rings. The van der Waals surface area contributed by atoms with Crippen molar-refractivity contribution in [2.24, 2.45) is 0 Å². The van der Waals surface area contributed by atoms with Gasteiger partial charge in [0, 0.05) is 34.8 Å². The Labute approximate surface area is 243 Å². The van der Waals surface area contributed by atoms with Gasteiger partial charge >= 0.3 is 0 Å². The van der Waals surface area contributed by atoms with Gasteiger partial charge in [-0.1, -0.05) is 47.5 Å². The first-order valence-electron chi connectivity index (χ1n) is 13.2. The first-order valence-corrected chi connectivity index (χ1v) is 13.9. The summed E-state index contributed by atoms with van der Waals surface area (Å²) in [7, 11) is 1.58. The Morgan fingerprint density at radius 3 is 2.02 bits per heavy atom. The largest absolute Gasteiger partial charge is 0.497 e. The van der Waals surface area contributed by atoms with Crippen LogP contribution in [0.15, 0.2) is 66.7 Å². The van der Waals surface area contributed by atoms with Gasteiger partial charge in [0.25, 0.3) is 5.91 Å². The Bertz CT molecular complexity index is 1330. The van der Waals surface area contributed by atoms with Crippen LogP contribution in [0.1, 0.15) is 42.6 Å². The van der Waals surface area contributed by atoms with Crippen molar-refractivity contribution in [3.05, 3.63) is 93.5 Å². The zero-order chi connectivity index (χ0) is 28.4. The minimum absolute atomic E-state index is 0.0440. The van der Waals surface area contributed by atoms with Gasteiger partial charge in [0.15, 0.2) is 5.66 Å². The maximum atomic E-state index is 14.6. The Kier molecular flexibility index (Phi) is 8.24. The summed E-state index contributed by atoms with van der Waals surface area (Å²) in [6, 6.07) is 19.8. The molecule has 5 rings (SSSR count). The number of hydrogen-bond acceptors (Lipinski definition) is 6. The number of piperazine rings is 1. The normalized spacial score (nSPS) is 22.8. The molecule has 3 N–H and O–H groups in total. The number of ether oxygens (including phenoxy) is 2. The van der Waals surface area contributed by atoms with Gasteiger partial charge in [-0.3, -0.25) is 20.2 Å². The lowest BCUT2D eigenvalue weighted by molar-refractivity contribution is -0.144. The molecule has 2 amide bonds. The molecule has 3 aromatic carbocycles. The minimum atomic E-state index is -1.44. The van der Waals surface area contributed by atoms with E-state index < -0.39 is 5.66 Å². The van der Waals surface area contributed by atoms with Crippen molar-refractivity contribution in [2.45, 2.75) is 37.7 Å². The van der Waals surface area contributed by atoms with E-state index in [2.05, 4.69) is 16.0 Å². The molecule has 0 saturated carbocycles. The third-order valence-corrected chi connectivity index (χ3v) is 7.64. The van der Waals surface area contributed by atoms with E-state index in [1.54, 1.807) is 24.1 Å². The maximum absolute atomic E-state index is 14.6. The predicted molar refractivity (Wildman–Crippen MR) is 155 cm³/mol. The lowest BCUT2D eigenvalue weighted by Crippen LogP contribution is -2.62. The van der Waals surface area contributed by atoms with Crippen molar-refractivity contribution in [3.8, 4) is 11.5 Å². The van der Waals surface area contributed by atoms with Gasteiger partial charge in [0.1, 0.15) is 11.5 Å². The third-order valence-electron chi connectivity index (χ3n) is 7.14. The summed E-state index contributed by atoms with van der Waals surface area (Å²) in [6.07, 6.45) is -0.167. The fourth-order valence-corrected chi connectivity index (χ4v) is 5.55. The number of carbonyl (C=O) groups is 2. The van der Waals surface area contributed by atoms with Crippen molar-refractivity contribution < 1.29 is 19.1 Å². The van der Waals surface area contributed by atoms with Crippen LogP contribution in [-0.4, -0.2) is 49.6 Å². The van der Waals surface area contributed by atoms with Gasteiger partial charge < -0.3 is 19.7 Å². The molecule has 0 spiro atoms. The van der Waals surface area contributed by atoms with Crippen molar-refractivity contribution in [2.75, 3.05) is 26.7 Å². The number of benzene rings is 3. The average Bonchev–Trinajstić information content (AvgIpc) is 3.34. The summed E-state index contributed by atoms with van der Waals surface area (Å²) in [6.45, 7) is 4.56. The second kappa shape index (κ2) is 11.7. The van der Waals surface area contributed by atoms with Gasteiger partial charge in [-0.25, -0.2) is 0 Å². The minimum Gasteiger partial charge on any atom is -0.497 e. The van der Waals surface area contributed by atoms with Crippen LogP contribution >= 0.6 is 23.2 Å². The second-order valence-electron chi connectivity index (χ2n) is 10.2. The lowest BCUT2D eigenvalue weighted by atomic mass is 9.95. The Morgan fingerprint density at radius 2 is 1.52 bits per heavy atom. The van der Waals surface area contributed by atoms with Crippen molar-refractivity contribution in [3.63, 3.8) is 0 Å². The van der Waals surface area contributed by atoms with Gasteiger partial charge in [0.05, 0.1) is 31.8 Å². The highest BCUT2D eigenvalue weighted by molar-refractivity contribution is 6.30. The molecule has 0 aliphatic carbocycles. The zero-order valence-electron chi connectivity index (χ0n) is 22.5. The lowest BCUT2D eigenvalue weighted by Gasteiger charge is -2.38. The Morgan fingerprint density at radius 1 is 0.950 bits per heavy atom. The molecule has 2 heterocycles. The van der Waals surface area contributed by atoms with E-state index in [1.165, 1.54) is 0 Å². The molecule has 2 atom stereocenters. The van der Waals surface area contributed by atoms with Gasteiger partial charge in [-0.2, -0.15) is 0 Å². The summed E-state index contributed by atoms with van der Waals surface area (Å²) in [5, 5.41) is 11.3. The van der Waals surface area contributed by atoms with E-state index in [4.69, 9.17) is 32.7 Å². The molecular formula is C30H32Cl2N4O4. The highest BCUT2D eigenvalue weighted by atomic mass is 35.5. The summed E-state index contributed by atoms with van der Waals surface area (Å²) >= 11 is 12.5. The molecule has 0 bridgehead atoms. The predicted octanol–water partition coefficient (Wildman–Crippen LogP) is 4.58. The monoisotopic (exact) mass is 582 g/mol. The zero-order valence-corrected chi connectivity index (χ0v) is 24.1. The van der Waals surface area contributed by atoms with Crippen LogP contribution < -0.4 is 25.4 Å². The van der Waals surface area contributed by atoms with Crippen molar-refractivity contribution in [1.29, 1.82) is 0 Å². The number of carbonyl (C=O) groups excluding carboxylic acids is 2. The Hall–Kier alpha value is -3.30. The molecule has 0 aromatic heterocycles. The number of nitrogens with one attached hydrogen (secondary N) is 3. The molecule has 8 nitrogen and oxygen atoms in total. The van der Waals surface area contributed by atoms with Crippen LogP contribution in [0.25, 0.3) is 0 Å². The first-order chi connectivity index (χ1) is 19.2. The SMILES string of the molecule is COc1ccc(C2(C(=O)N3CCNC(=O)C3)NC(c3ccc(Cl)cc3)C(c3ccc(Cl)cc3)N2)c(OC(C)C)c1. The fraction of sp³-hybridized carbons (Fsp3) is 0.333. The van der Waals surface area contributed by atoms with Crippen LogP contribution in [0.2, 0.25) is 10.0 Å². The number of hydrogen-bond donors (Lipinski definition) is 3. The molecule has 210 valence electrons. The van der Waals surface area contributed by atoms with Crippen molar-refractivity contribution in [1.82, 2.24) is 20.9 Å². The van der Waals surface area contributed by atoms with E-state index in [1.807, 2.05) is 68.4 Å². The van der Waals surface area contributed by atoms with Crippen LogP contribution in [0, 0.1) is 0 Å². The van der Waals surface area contributed by atoms with Gasteiger partial charge in [-0.15, -0.1) is 0 Å². The molecule has 2 saturated heterocycles. The summed E-state index contributed by atoms with van der Waals surface area (Å²) in [5.41, 5.74) is 1.02. The molecule has 40 heavy (non-hydrogen) atoms. The van der Waals surface area contributed by atoms with Gasteiger partial charge in [0.2, 0.25) is 5.91 Å². The number of halogens is 2. The van der Waals surface area contributed by atoms with Crippen LogP contribution in [0.5, 0.6) is 11.5 Å².